The molecule has 0 aliphatic heterocycles. The van der Waals surface area contributed by atoms with Gasteiger partial charge in [-0.05, 0) is 74.5 Å². The molecular weight excluding hydrogens is 472 g/mol. The molecule has 1 heterocycles. The largest absolute Gasteiger partial charge is 0.481 e. The number of thiophene rings is 1. The molecule has 4 atom stereocenters. The van der Waals surface area contributed by atoms with Crippen molar-refractivity contribution in [3.05, 3.63) is 59.5 Å². The van der Waals surface area contributed by atoms with Gasteiger partial charge in [0.15, 0.2) is 0 Å². The van der Waals surface area contributed by atoms with Crippen LogP contribution in [0.4, 0.5) is 5.00 Å². The van der Waals surface area contributed by atoms with Gasteiger partial charge in [-0.25, -0.2) is 8.42 Å². The Kier molecular flexibility index (Phi) is 7.73. The van der Waals surface area contributed by atoms with Gasteiger partial charge in [0, 0.05) is 17.8 Å². The fourth-order valence-electron chi connectivity index (χ4n) is 5.25. The molecule has 3 N–H and O–H groups in total. The standard InChI is InChI=1S/C25H30N2O5S2/c28-23(29)11-7-2-1-6-10-21-17-12-13-18(14-17)24(21)26-25(30)19-15-22(33-16-19)27-34(31,32)20-8-4-3-5-9-20/h1,3-6,8-9,15-18,21,24,27H,2,7,10-14H2,(H,26,30)(H,28,29)/b6-1+/t17-,18+,21-,24-/m0/s1. The average molecular weight is 503 g/mol. The Morgan fingerprint density at radius 1 is 1.12 bits per heavy atom. The minimum absolute atomic E-state index is 0.110. The van der Waals surface area contributed by atoms with Gasteiger partial charge in [0.2, 0.25) is 0 Å². The molecule has 9 heteroatoms. The molecule has 4 rings (SSSR count). The summed E-state index contributed by atoms with van der Waals surface area (Å²) in [5.41, 5.74) is 0.460. The van der Waals surface area contributed by atoms with Crippen molar-refractivity contribution in [3.8, 4) is 0 Å². The summed E-state index contributed by atoms with van der Waals surface area (Å²) in [4.78, 5) is 23.8. The SMILES string of the molecule is O=C(O)CCC/C=C/C[C@H]1[C@H]2CC[C@H](C2)[C@@H]1NC(=O)c1csc(NS(=O)(=O)c2ccccc2)c1. The molecule has 0 spiro atoms. The molecule has 182 valence electrons. The normalized spacial score (nSPS) is 23.9. The third kappa shape index (κ3) is 5.88. The fourth-order valence-corrected chi connectivity index (χ4v) is 7.35. The van der Waals surface area contributed by atoms with Crippen LogP contribution < -0.4 is 10.0 Å². The number of carboxylic acids is 1. The summed E-state index contributed by atoms with van der Waals surface area (Å²) in [6, 6.07) is 9.84. The van der Waals surface area contributed by atoms with E-state index in [2.05, 4.69) is 22.2 Å². The second kappa shape index (κ2) is 10.7. The van der Waals surface area contributed by atoms with Crippen molar-refractivity contribution in [2.45, 2.75) is 55.9 Å². The second-order valence-corrected chi connectivity index (χ2v) is 11.7. The van der Waals surface area contributed by atoms with Gasteiger partial charge in [-0.2, -0.15) is 0 Å². The molecular formula is C25H30N2O5S2. The van der Waals surface area contributed by atoms with Crippen LogP contribution in [0, 0.1) is 17.8 Å². The quantitative estimate of drug-likeness (QED) is 0.299. The van der Waals surface area contributed by atoms with E-state index in [0.29, 0.717) is 34.7 Å². The monoisotopic (exact) mass is 502 g/mol. The number of carbonyl (C=O) groups excluding carboxylic acids is 1. The molecule has 2 bridgehead atoms. The summed E-state index contributed by atoms with van der Waals surface area (Å²) in [6.45, 7) is 0. The van der Waals surface area contributed by atoms with Crippen molar-refractivity contribution in [2.24, 2.45) is 17.8 Å². The maximum absolute atomic E-state index is 13.0. The highest BCUT2D eigenvalue weighted by atomic mass is 32.2. The third-order valence-electron chi connectivity index (χ3n) is 6.87. The Morgan fingerprint density at radius 2 is 1.88 bits per heavy atom. The van der Waals surface area contributed by atoms with Crippen LogP contribution >= 0.6 is 11.3 Å². The summed E-state index contributed by atoms with van der Waals surface area (Å²) < 4.78 is 27.7. The fraction of sp³-hybridized carbons (Fsp3) is 0.440. The molecule has 1 amide bonds. The number of rotatable bonds is 11. The number of carbonyl (C=O) groups is 2. The number of aliphatic carboxylic acids is 1. The summed E-state index contributed by atoms with van der Waals surface area (Å²) in [7, 11) is -3.70. The van der Waals surface area contributed by atoms with E-state index < -0.39 is 16.0 Å². The molecule has 2 aliphatic rings. The average Bonchev–Trinajstić information content (AvgIpc) is 3.54. The number of unbranched alkanes of at least 4 members (excludes halogenated alkanes) is 1. The number of hydrogen-bond acceptors (Lipinski definition) is 5. The highest BCUT2D eigenvalue weighted by Crippen LogP contribution is 2.50. The maximum Gasteiger partial charge on any atom is 0.303 e. The molecule has 0 saturated heterocycles. The number of amides is 1. The Bertz CT molecular complexity index is 1140. The number of sulfonamides is 1. The second-order valence-electron chi connectivity index (χ2n) is 9.11. The number of benzene rings is 1. The van der Waals surface area contributed by atoms with Gasteiger partial charge in [-0.1, -0.05) is 30.4 Å². The van der Waals surface area contributed by atoms with Crippen LogP contribution in [0.15, 0.2) is 58.8 Å². The van der Waals surface area contributed by atoms with Crippen molar-refractivity contribution in [1.82, 2.24) is 5.32 Å². The van der Waals surface area contributed by atoms with E-state index >= 15 is 0 Å². The number of nitrogens with one attached hydrogen (secondary N) is 2. The highest BCUT2D eigenvalue weighted by Gasteiger charge is 2.47. The van der Waals surface area contributed by atoms with Crippen LogP contribution in [0.2, 0.25) is 0 Å². The third-order valence-corrected chi connectivity index (χ3v) is 9.23. The number of allylic oxidation sites excluding steroid dienone is 2. The molecule has 2 saturated carbocycles. The molecule has 0 radical (unpaired) electrons. The first kappa shape index (κ1) is 24.5. The van der Waals surface area contributed by atoms with E-state index in [1.807, 2.05) is 0 Å². The van der Waals surface area contributed by atoms with E-state index in [1.54, 1.807) is 29.6 Å². The zero-order chi connectivity index (χ0) is 24.1. The van der Waals surface area contributed by atoms with Crippen molar-refractivity contribution in [3.63, 3.8) is 0 Å². The van der Waals surface area contributed by atoms with E-state index in [0.717, 1.165) is 25.7 Å². The molecule has 1 aromatic heterocycles. The van der Waals surface area contributed by atoms with E-state index in [-0.39, 0.29) is 23.3 Å². The zero-order valence-electron chi connectivity index (χ0n) is 18.9. The topological polar surface area (TPSA) is 113 Å². The Hall–Kier alpha value is -2.65. The van der Waals surface area contributed by atoms with E-state index in [1.165, 1.54) is 29.9 Å². The summed E-state index contributed by atoms with van der Waals surface area (Å²) in [5.74, 6) is 0.528. The van der Waals surface area contributed by atoms with Crippen LogP contribution in [0.3, 0.4) is 0 Å². The molecule has 34 heavy (non-hydrogen) atoms. The predicted molar refractivity (Wildman–Crippen MR) is 132 cm³/mol. The van der Waals surface area contributed by atoms with Crippen LogP contribution in [-0.2, 0) is 14.8 Å². The Labute approximate surface area is 204 Å². The van der Waals surface area contributed by atoms with Crippen molar-refractivity contribution in [2.75, 3.05) is 4.72 Å². The van der Waals surface area contributed by atoms with Crippen LogP contribution in [0.25, 0.3) is 0 Å². The van der Waals surface area contributed by atoms with Gasteiger partial charge in [0.05, 0.1) is 10.5 Å². The predicted octanol–water partition coefficient (Wildman–Crippen LogP) is 4.89. The number of fused-ring (bicyclic) bond motifs is 2. The number of anilines is 1. The van der Waals surface area contributed by atoms with E-state index in [4.69, 9.17) is 5.11 Å². The minimum atomic E-state index is -3.70. The lowest BCUT2D eigenvalue weighted by molar-refractivity contribution is -0.137. The summed E-state index contributed by atoms with van der Waals surface area (Å²) in [6.07, 6.45) is 10.1. The molecule has 0 unspecified atom stereocenters. The van der Waals surface area contributed by atoms with Crippen molar-refractivity contribution < 1.29 is 23.1 Å². The van der Waals surface area contributed by atoms with Crippen LogP contribution in [-0.4, -0.2) is 31.4 Å². The molecule has 2 aromatic rings. The van der Waals surface area contributed by atoms with Crippen molar-refractivity contribution in [1.29, 1.82) is 0 Å². The van der Waals surface area contributed by atoms with Crippen LogP contribution in [0.1, 0.15) is 55.3 Å². The number of hydrogen-bond donors (Lipinski definition) is 3. The summed E-state index contributed by atoms with van der Waals surface area (Å²) >= 11 is 1.19. The van der Waals surface area contributed by atoms with E-state index in [9.17, 15) is 18.0 Å². The van der Waals surface area contributed by atoms with Gasteiger partial charge >= 0.3 is 5.97 Å². The first-order chi connectivity index (χ1) is 16.3. The summed E-state index contributed by atoms with van der Waals surface area (Å²) in [5, 5.41) is 14.1. The lowest BCUT2D eigenvalue weighted by Crippen LogP contribution is -2.43. The van der Waals surface area contributed by atoms with Crippen molar-refractivity contribution >= 4 is 38.2 Å². The Morgan fingerprint density at radius 3 is 2.65 bits per heavy atom. The highest BCUT2D eigenvalue weighted by molar-refractivity contribution is 7.93. The smallest absolute Gasteiger partial charge is 0.303 e. The number of carboxylic acid groups (broad SMARTS) is 1. The lowest BCUT2D eigenvalue weighted by Gasteiger charge is -2.31. The molecule has 2 fully saturated rings. The molecule has 1 aromatic carbocycles. The van der Waals surface area contributed by atoms with Gasteiger partial charge in [0.25, 0.3) is 15.9 Å². The van der Waals surface area contributed by atoms with Gasteiger partial charge in [-0.3, -0.25) is 14.3 Å². The van der Waals surface area contributed by atoms with Crippen LogP contribution in [0.5, 0.6) is 0 Å². The Balaban J connectivity index is 1.35. The maximum atomic E-state index is 13.0. The molecule has 2 aliphatic carbocycles. The van der Waals surface area contributed by atoms with Gasteiger partial charge in [0.1, 0.15) is 5.00 Å². The molecule has 7 nitrogen and oxygen atoms in total. The van der Waals surface area contributed by atoms with Gasteiger partial charge < -0.3 is 10.4 Å². The first-order valence-corrected chi connectivity index (χ1v) is 14.0. The lowest BCUT2D eigenvalue weighted by atomic mass is 9.82. The zero-order valence-corrected chi connectivity index (χ0v) is 20.5. The minimum Gasteiger partial charge on any atom is -0.481 e. The first-order valence-electron chi connectivity index (χ1n) is 11.7. The van der Waals surface area contributed by atoms with Gasteiger partial charge in [-0.15, -0.1) is 11.3 Å².